The quantitative estimate of drug-likeness (QED) is 0.0877. The zero-order chi connectivity index (χ0) is 41.3. The van der Waals surface area contributed by atoms with E-state index in [-0.39, 0.29) is 50.9 Å². The van der Waals surface area contributed by atoms with E-state index in [0.717, 1.165) is 26.8 Å². The van der Waals surface area contributed by atoms with Crippen molar-refractivity contribution in [3.05, 3.63) is 72.3 Å². The third-order valence-electron chi connectivity index (χ3n) is 10.7. The van der Waals surface area contributed by atoms with Crippen molar-refractivity contribution in [2.45, 2.75) is 109 Å². The fourth-order valence-electron chi connectivity index (χ4n) is 7.57. The number of Topliss-reactive ketones (excluding diaryl/α,β-unsaturated/α-hetero) is 1. The van der Waals surface area contributed by atoms with Crippen LogP contribution in [0.5, 0.6) is 5.88 Å². The van der Waals surface area contributed by atoms with Crippen LogP contribution in [0.3, 0.4) is 0 Å². The maximum atomic E-state index is 14.7. The lowest BCUT2D eigenvalue weighted by Gasteiger charge is -2.29. The first kappa shape index (κ1) is 41.9. The number of amides is 2. The summed E-state index contributed by atoms with van der Waals surface area (Å²) in [6.07, 6.45) is 4.54. The van der Waals surface area contributed by atoms with E-state index >= 15 is 0 Å². The Balaban J connectivity index is 1.31. The van der Waals surface area contributed by atoms with Gasteiger partial charge in [0.05, 0.1) is 29.7 Å². The SMILES string of the molecule is C=C[C@@H]1C[C@]1(CC(=O)[C@@H]1C[C@@H](Oc2nccc3ccc(-c4cccs4)cc23)CN1C(=O)[C@H](CCC(=O)C=C(C)C)CC(=O)OC(C)(C)C)C(=O)NS(=O)(=O)C1CC1. The number of aromatic nitrogens is 1. The fraction of sp³-hybridized carbons (Fsp3) is 0.488. The van der Waals surface area contributed by atoms with E-state index in [2.05, 4.69) is 16.3 Å². The summed E-state index contributed by atoms with van der Waals surface area (Å²) in [5.41, 5.74) is -0.384. The van der Waals surface area contributed by atoms with Crippen molar-refractivity contribution < 1.29 is 41.9 Å². The molecule has 3 aliphatic rings. The van der Waals surface area contributed by atoms with Crippen LogP contribution in [0.15, 0.2) is 72.3 Å². The number of thiophene rings is 1. The third-order valence-corrected chi connectivity index (χ3v) is 13.4. The molecular weight excluding hydrogens is 767 g/mol. The minimum Gasteiger partial charge on any atom is -0.472 e. The average molecular weight is 818 g/mol. The van der Waals surface area contributed by atoms with Crippen molar-refractivity contribution in [1.82, 2.24) is 14.6 Å². The Morgan fingerprint density at radius 3 is 2.51 bits per heavy atom. The van der Waals surface area contributed by atoms with E-state index in [0.29, 0.717) is 18.7 Å². The summed E-state index contributed by atoms with van der Waals surface area (Å²) in [4.78, 5) is 75.8. The molecule has 3 aromatic rings. The van der Waals surface area contributed by atoms with Crippen LogP contribution in [0.25, 0.3) is 21.2 Å². The highest BCUT2D eigenvalue weighted by Crippen LogP contribution is 2.57. The summed E-state index contributed by atoms with van der Waals surface area (Å²) in [6, 6.07) is 10.8. The van der Waals surface area contributed by atoms with Gasteiger partial charge < -0.3 is 14.4 Å². The van der Waals surface area contributed by atoms with Crippen molar-refractivity contribution in [2.75, 3.05) is 6.54 Å². The normalized spacial score (nSPS) is 22.3. The molecule has 2 aromatic heterocycles. The molecule has 3 heterocycles. The number of carbonyl (C=O) groups is 5. The first-order valence-electron chi connectivity index (χ1n) is 19.4. The molecule has 0 bridgehead atoms. The summed E-state index contributed by atoms with van der Waals surface area (Å²) < 4.78 is 39.9. The summed E-state index contributed by atoms with van der Waals surface area (Å²) in [7, 11) is -3.89. The number of benzene rings is 1. The molecule has 1 aromatic carbocycles. The van der Waals surface area contributed by atoms with Crippen molar-refractivity contribution in [2.24, 2.45) is 17.3 Å². The van der Waals surface area contributed by atoms with Crippen LogP contribution in [0, 0.1) is 17.3 Å². The Labute approximate surface area is 338 Å². The van der Waals surface area contributed by atoms with Gasteiger partial charge >= 0.3 is 5.97 Å². The minimum atomic E-state index is -3.89. The van der Waals surface area contributed by atoms with Gasteiger partial charge in [-0.05, 0) is 107 Å². The predicted octanol–water partition coefficient (Wildman–Crippen LogP) is 6.74. The largest absolute Gasteiger partial charge is 0.472 e. The van der Waals surface area contributed by atoms with E-state index in [1.165, 1.54) is 11.0 Å². The maximum Gasteiger partial charge on any atom is 0.307 e. The Morgan fingerprint density at radius 2 is 1.88 bits per heavy atom. The minimum absolute atomic E-state index is 0.0109. The summed E-state index contributed by atoms with van der Waals surface area (Å²) >= 11 is 1.60. The van der Waals surface area contributed by atoms with Gasteiger partial charge in [-0.25, -0.2) is 13.4 Å². The van der Waals surface area contributed by atoms with Crippen LogP contribution < -0.4 is 9.46 Å². The number of ether oxygens (including phenoxy) is 2. The molecule has 0 unspecified atom stereocenters. The Hall–Kier alpha value is -4.69. The van der Waals surface area contributed by atoms with Crippen molar-refractivity contribution in [3.63, 3.8) is 0 Å². The van der Waals surface area contributed by atoms with Gasteiger partial charge in [-0.2, -0.15) is 0 Å². The number of hydrogen-bond acceptors (Lipinski definition) is 11. The molecule has 1 saturated heterocycles. The number of sulfonamides is 1. The van der Waals surface area contributed by atoms with Crippen LogP contribution >= 0.6 is 11.3 Å². The van der Waals surface area contributed by atoms with Gasteiger partial charge in [-0.15, -0.1) is 17.9 Å². The Bertz CT molecular complexity index is 2200. The Kier molecular flexibility index (Phi) is 12.3. The van der Waals surface area contributed by atoms with Crippen molar-refractivity contribution in [1.29, 1.82) is 0 Å². The molecule has 14 heteroatoms. The first-order valence-corrected chi connectivity index (χ1v) is 21.8. The van der Waals surface area contributed by atoms with E-state index in [9.17, 15) is 32.4 Å². The summed E-state index contributed by atoms with van der Waals surface area (Å²) in [5.74, 6) is -3.65. The number of esters is 1. The van der Waals surface area contributed by atoms with E-state index in [1.54, 1.807) is 58.2 Å². The molecular formula is C43H51N3O9S2. The maximum absolute atomic E-state index is 14.7. The number of nitrogens with zero attached hydrogens (tertiary/aromatic N) is 2. The lowest BCUT2D eigenvalue weighted by atomic mass is 9.90. The number of fused-ring (bicyclic) bond motifs is 1. The molecule has 304 valence electrons. The van der Waals surface area contributed by atoms with Gasteiger partial charge in [0.15, 0.2) is 11.6 Å². The van der Waals surface area contributed by atoms with E-state index < -0.39 is 73.8 Å². The molecule has 6 rings (SSSR count). The molecule has 1 aliphatic heterocycles. The average Bonchev–Trinajstić information content (AvgIpc) is 4.01. The van der Waals surface area contributed by atoms with Crippen LogP contribution in [0.1, 0.15) is 86.0 Å². The highest BCUT2D eigenvalue weighted by atomic mass is 32.2. The summed E-state index contributed by atoms with van der Waals surface area (Å²) in [5, 5.41) is 2.99. The lowest BCUT2D eigenvalue weighted by Crippen LogP contribution is -2.46. The van der Waals surface area contributed by atoms with E-state index in [1.807, 2.05) is 41.8 Å². The predicted molar refractivity (Wildman–Crippen MR) is 218 cm³/mol. The molecule has 0 radical (unpaired) electrons. The standard InChI is InChI=1S/C43H51N3O9S2/c1-7-30-23-43(30,41(51)45-57(52,53)33-14-15-33)24-36(48)35-22-32(54-39-34-20-28(37-9-8-18-56-37)11-10-27(34)16-17-44-39)25-46(35)40(50)29(12-13-31(47)19-26(2)3)21-38(49)55-42(4,5)6/h7-11,16-20,29-30,32-33,35H,1,12-15,21-25H2,2-6H3,(H,45,51)/t29-,30-,32-,35+,43-/m1/s1. The zero-order valence-electron chi connectivity index (χ0n) is 33.1. The molecule has 57 heavy (non-hydrogen) atoms. The highest BCUT2D eigenvalue weighted by molar-refractivity contribution is 7.90. The number of ketones is 2. The number of rotatable bonds is 17. The number of carbonyl (C=O) groups excluding carboxylic acids is 5. The molecule has 2 aliphatic carbocycles. The number of allylic oxidation sites excluding steroid dienone is 3. The third kappa shape index (κ3) is 10.1. The summed E-state index contributed by atoms with van der Waals surface area (Å²) in [6.45, 7) is 12.5. The first-order chi connectivity index (χ1) is 26.9. The van der Waals surface area contributed by atoms with Gasteiger partial charge in [0.1, 0.15) is 11.7 Å². The molecule has 1 N–H and O–H groups in total. The Morgan fingerprint density at radius 1 is 1.12 bits per heavy atom. The van der Waals surface area contributed by atoms with Crippen LogP contribution in [0.2, 0.25) is 0 Å². The van der Waals surface area contributed by atoms with Gasteiger partial charge in [-0.3, -0.25) is 28.7 Å². The van der Waals surface area contributed by atoms with Crippen molar-refractivity contribution >= 4 is 61.5 Å². The number of pyridine rings is 1. The molecule has 12 nitrogen and oxygen atoms in total. The molecule has 5 atom stereocenters. The van der Waals surface area contributed by atoms with Gasteiger partial charge in [-0.1, -0.05) is 29.8 Å². The second kappa shape index (κ2) is 16.7. The zero-order valence-corrected chi connectivity index (χ0v) is 34.7. The molecule has 0 spiro atoms. The monoisotopic (exact) mass is 817 g/mol. The molecule has 2 amide bonds. The van der Waals surface area contributed by atoms with Crippen molar-refractivity contribution in [3.8, 4) is 16.3 Å². The molecule has 2 saturated carbocycles. The lowest BCUT2D eigenvalue weighted by molar-refractivity contribution is -0.159. The topological polar surface area (TPSA) is 166 Å². The smallest absolute Gasteiger partial charge is 0.307 e. The molecule has 3 fully saturated rings. The number of nitrogens with one attached hydrogen (secondary N) is 1. The van der Waals surface area contributed by atoms with Crippen LogP contribution in [-0.2, 0) is 38.7 Å². The number of likely N-dealkylation sites (tertiary alicyclic amines) is 1. The number of hydrogen-bond donors (Lipinski definition) is 1. The second-order valence-corrected chi connectivity index (χ2v) is 19.7. The van der Waals surface area contributed by atoms with Gasteiger partial charge in [0.2, 0.25) is 27.7 Å². The second-order valence-electron chi connectivity index (χ2n) is 16.7. The van der Waals surface area contributed by atoms with Crippen LogP contribution in [0.4, 0.5) is 0 Å². The van der Waals surface area contributed by atoms with Gasteiger partial charge in [0.25, 0.3) is 0 Å². The van der Waals surface area contributed by atoms with Crippen LogP contribution in [-0.4, -0.2) is 77.2 Å². The fourth-order valence-corrected chi connectivity index (χ4v) is 9.68. The van der Waals surface area contributed by atoms with E-state index in [4.69, 9.17) is 9.47 Å². The van der Waals surface area contributed by atoms with Gasteiger partial charge in [0, 0.05) is 41.6 Å². The highest BCUT2D eigenvalue weighted by Gasteiger charge is 2.61.